The molecule has 1 aromatic heterocycles. The van der Waals surface area contributed by atoms with Crippen LogP contribution in [-0.2, 0) is 11.3 Å². The molecule has 0 bridgehead atoms. The number of nitrogens with one attached hydrogen (secondary N) is 1. The summed E-state index contributed by atoms with van der Waals surface area (Å²) < 4.78 is 19.4. The van der Waals surface area contributed by atoms with E-state index < -0.39 is 0 Å². The van der Waals surface area contributed by atoms with Gasteiger partial charge < -0.3 is 10.1 Å². The lowest BCUT2D eigenvalue weighted by atomic mass is 10.0. The molecule has 2 nitrogen and oxygen atoms in total. The first-order valence-corrected chi connectivity index (χ1v) is 8.25. The highest BCUT2D eigenvalue weighted by Gasteiger charge is 2.21. The second kappa shape index (κ2) is 6.69. The van der Waals surface area contributed by atoms with Gasteiger partial charge in [0.1, 0.15) is 5.82 Å². The standard InChI is InChI=1S/C17H20FNOS/c1-12(14-6-7-20-11-14)19-10-13-4-5-16(18)15(9-13)17-3-2-8-21-17/h2-5,8-9,12,14,19H,6-7,10-11H2,1H3. The molecular weight excluding hydrogens is 285 g/mol. The van der Waals surface area contributed by atoms with Crippen molar-refractivity contribution in [2.45, 2.75) is 25.9 Å². The van der Waals surface area contributed by atoms with E-state index in [1.54, 1.807) is 17.4 Å². The van der Waals surface area contributed by atoms with Crippen molar-refractivity contribution in [1.29, 1.82) is 0 Å². The first kappa shape index (κ1) is 14.7. The molecular formula is C17H20FNOS. The Labute approximate surface area is 129 Å². The lowest BCUT2D eigenvalue weighted by Gasteiger charge is -2.19. The van der Waals surface area contributed by atoms with Crippen molar-refractivity contribution in [2.75, 3.05) is 13.2 Å². The monoisotopic (exact) mass is 305 g/mol. The average molecular weight is 305 g/mol. The van der Waals surface area contributed by atoms with E-state index in [0.29, 0.717) is 17.5 Å². The van der Waals surface area contributed by atoms with E-state index in [1.165, 1.54) is 0 Å². The topological polar surface area (TPSA) is 21.3 Å². The third-order valence-electron chi connectivity index (χ3n) is 4.12. The van der Waals surface area contributed by atoms with E-state index in [4.69, 9.17) is 4.74 Å². The highest BCUT2D eigenvalue weighted by molar-refractivity contribution is 7.13. The minimum Gasteiger partial charge on any atom is -0.381 e. The van der Waals surface area contributed by atoms with Gasteiger partial charge in [0.2, 0.25) is 0 Å². The quantitative estimate of drug-likeness (QED) is 0.899. The summed E-state index contributed by atoms with van der Waals surface area (Å²) in [6, 6.07) is 9.70. The second-order valence-corrected chi connectivity index (χ2v) is 6.53. The van der Waals surface area contributed by atoms with Crippen molar-refractivity contribution in [3.8, 4) is 10.4 Å². The molecule has 2 unspecified atom stereocenters. The van der Waals surface area contributed by atoms with Crippen molar-refractivity contribution >= 4 is 11.3 Å². The Kier molecular flexibility index (Phi) is 4.68. The van der Waals surface area contributed by atoms with E-state index in [2.05, 4.69) is 12.2 Å². The SMILES string of the molecule is CC(NCc1ccc(F)c(-c2cccs2)c1)C1CCOC1. The Balaban J connectivity index is 1.67. The van der Waals surface area contributed by atoms with Crippen LogP contribution in [0.15, 0.2) is 35.7 Å². The normalized spacial score (nSPS) is 19.8. The molecule has 0 saturated carbocycles. The lowest BCUT2D eigenvalue weighted by Crippen LogP contribution is -2.33. The van der Waals surface area contributed by atoms with Crippen LogP contribution in [0.5, 0.6) is 0 Å². The maximum atomic E-state index is 13.9. The maximum absolute atomic E-state index is 13.9. The Hall–Kier alpha value is -1.23. The number of hydrogen-bond acceptors (Lipinski definition) is 3. The molecule has 2 heterocycles. The molecule has 2 atom stereocenters. The smallest absolute Gasteiger partial charge is 0.131 e. The number of rotatable bonds is 5. The third-order valence-corrected chi connectivity index (χ3v) is 5.02. The molecule has 1 saturated heterocycles. The van der Waals surface area contributed by atoms with Crippen LogP contribution in [0.4, 0.5) is 4.39 Å². The number of benzene rings is 1. The van der Waals surface area contributed by atoms with Crippen LogP contribution in [0, 0.1) is 11.7 Å². The van der Waals surface area contributed by atoms with Crippen molar-refractivity contribution in [2.24, 2.45) is 5.92 Å². The van der Waals surface area contributed by atoms with Gasteiger partial charge in [0.25, 0.3) is 0 Å². The molecule has 2 aromatic rings. The van der Waals surface area contributed by atoms with Crippen LogP contribution in [-0.4, -0.2) is 19.3 Å². The summed E-state index contributed by atoms with van der Waals surface area (Å²) in [6.07, 6.45) is 1.12. The molecule has 1 N–H and O–H groups in total. The zero-order valence-electron chi connectivity index (χ0n) is 12.1. The fourth-order valence-corrected chi connectivity index (χ4v) is 3.44. The van der Waals surface area contributed by atoms with Gasteiger partial charge in [-0.1, -0.05) is 12.1 Å². The molecule has 0 aliphatic carbocycles. The van der Waals surface area contributed by atoms with Crippen molar-refractivity contribution in [3.63, 3.8) is 0 Å². The van der Waals surface area contributed by atoms with Gasteiger partial charge in [-0.15, -0.1) is 11.3 Å². The van der Waals surface area contributed by atoms with E-state index in [0.717, 1.165) is 36.6 Å². The van der Waals surface area contributed by atoms with E-state index in [-0.39, 0.29) is 5.82 Å². The molecule has 112 valence electrons. The highest BCUT2D eigenvalue weighted by atomic mass is 32.1. The summed E-state index contributed by atoms with van der Waals surface area (Å²) in [5, 5.41) is 5.51. The Morgan fingerprint density at radius 1 is 1.43 bits per heavy atom. The molecule has 1 aliphatic rings. The van der Waals surface area contributed by atoms with Gasteiger partial charge in [-0.3, -0.25) is 0 Å². The fourth-order valence-electron chi connectivity index (χ4n) is 2.70. The van der Waals surface area contributed by atoms with Gasteiger partial charge in [0.15, 0.2) is 0 Å². The van der Waals surface area contributed by atoms with E-state index in [1.807, 2.05) is 29.6 Å². The van der Waals surface area contributed by atoms with Gasteiger partial charge in [-0.05, 0) is 48.4 Å². The van der Waals surface area contributed by atoms with Crippen LogP contribution >= 0.6 is 11.3 Å². The van der Waals surface area contributed by atoms with Crippen molar-refractivity contribution < 1.29 is 9.13 Å². The molecule has 0 radical (unpaired) electrons. The Morgan fingerprint density at radius 2 is 2.33 bits per heavy atom. The predicted molar refractivity (Wildman–Crippen MR) is 84.9 cm³/mol. The molecule has 21 heavy (non-hydrogen) atoms. The molecule has 0 amide bonds. The average Bonchev–Trinajstić information content (AvgIpc) is 3.19. The van der Waals surface area contributed by atoms with E-state index in [9.17, 15) is 4.39 Å². The summed E-state index contributed by atoms with van der Waals surface area (Å²) >= 11 is 1.57. The molecule has 1 aromatic carbocycles. The van der Waals surface area contributed by atoms with Crippen molar-refractivity contribution in [1.82, 2.24) is 5.32 Å². The summed E-state index contributed by atoms with van der Waals surface area (Å²) in [5.41, 5.74) is 1.81. The zero-order chi connectivity index (χ0) is 14.7. The van der Waals surface area contributed by atoms with Gasteiger partial charge in [-0.25, -0.2) is 4.39 Å². The number of hydrogen-bond donors (Lipinski definition) is 1. The van der Waals surface area contributed by atoms with Crippen LogP contribution in [0.25, 0.3) is 10.4 Å². The second-order valence-electron chi connectivity index (χ2n) is 5.58. The summed E-state index contributed by atoms with van der Waals surface area (Å²) in [6.45, 7) is 4.67. The maximum Gasteiger partial charge on any atom is 0.131 e. The molecule has 3 rings (SSSR count). The van der Waals surface area contributed by atoms with E-state index >= 15 is 0 Å². The van der Waals surface area contributed by atoms with Crippen LogP contribution in [0.3, 0.4) is 0 Å². The molecule has 1 fully saturated rings. The number of halogens is 1. The molecule has 0 spiro atoms. The van der Waals surface area contributed by atoms with Crippen LogP contribution in [0.2, 0.25) is 0 Å². The van der Waals surface area contributed by atoms with Gasteiger partial charge in [0.05, 0.1) is 6.61 Å². The van der Waals surface area contributed by atoms with Crippen LogP contribution in [0.1, 0.15) is 18.9 Å². The Bertz CT molecular complexity index is 578. The predicted octanol–water partition coefficient (Wildman–Crippen LogP) is 4.07. The van der Waals surface area contributed by atoms with Crippen LogP contribution < -0.4 is 5.32 Å². The molecule has 4 heteroatoms. The third kappa shape index (κ3) is 3.51. The summed E-state index contributed by atoms with van der Waals surface area (Å²) in [5.74, 6) is 0.431. The summed E-state index contributed by atoms with van der Waals surface area (Å²) in [4.78, 5) is 0.978. The van der Waals surface area contributed by atoms with Gasteiger partial charge in [0, 0.05) is 29.6 Å². The first-order chi connectivity index (χ1) is 10.2. The molecule has 1 aliphatic heterocycles. The highest BCUT2D eigenvalue weighted by Crippen LogP contribution is 2.28. The zero-order valence-corrected chi connectivity index (χ0v) is 13.0. The number of ether oxygens (including phenoxy) is 1. The first-order valence-electron chi connectivity index (χ1n) is 7.37. The minimum absolute atomic E-state index is 0.154. The fraction of sp³-hybridized carbons (Fsp3) is 0.412. The lowest BCUT2D eigenvalue weighted by molar-refractivity contribution is 0.178. The van der Waals surface area contributed by atoms with Gasteiger partial charge in [-0.2, -0.15) is 0 Å². The largest absolute Gasteiger partial charge is 0.381 e. The van der Waals surface area contributed by atoms with Gasteiger partial charge >= 0.3 is 0 Å². The summed E-state index contributed by atoms with van der Waals surface area (Å²) in [7, 11) is 0. The number of thiophene rings is 1. The Morgan fingerprint density at radius 3 is 3.05 bits per heavy atom. The minimum atomic E-state index is -0.154. The van der Waals surface area contributed by atoms with Crippen molar-refractivity contribution in [3.05, 3.63) is 47.1 Å².